The van der Waals surface area contributed by atoms with E-state index in [-0.39, 0.29) is 35.6 Å². The smallest absolute Gasteiger partial charge is 0.333 e. The predicted molar refractivity (Wildman–Crippen MR) is 136 cm³/mol. The van der Waals surface area contributed by atoms with Crippen molar-refractivity contribution in [3.8, 4) is 0 Å². The van der Waals surface area contributed by atoms with Gasteiger partial charge < -0.3 is 19.7 Å². The van der Waals surface area contributed by atoms with Gasteiger partial charge in [0.1, 0.15) is 17.8 Å². The highest BCUT2D eigenvalue weighted by atomic mass is 16.6. The second-order valence-electron chi connectivity index (χ2n) is 12.6. The van der Waals surface area contributed by atoms with Crippen LogP contribution in [-0.4, -0.2) is 51.8 Å². The number of rotatable bonds is 3. The first-order valence-electron chi connectivity index (χ1n) is 13.6. The molecule has 10 atom stereocenters. The normalized spacial score (nSPS) is 45.9. The summed E-state index contributed by atoms with van der Waals surface area (Å²) in [5.41, 5.74) is -0.621. The molecule has 3 saturated carbocycles. The Hall–Kier alpha value is -2.25. The first kappa shape index (κ1) is 26.4. The molecule has 0 bridgehead atoms. The topological polar surface area (TPSA) is 110 Å². The minimum absolute atomic E-state index is 0.0512. The van der Waals surface area contributed by atoms with E-state index in [9.17, 15) is 24.6 Å². The summed E-state index contributed by atoms with van der Waals surface area (Å²) < 4.78 is 11.7. The van der Waals surface area contributed by atoms with Crippen molar-refractivity contribution >= 4 is 17.7 Å². The van der Waals surface area contributed by atoms with Gasteiger partial charge in [0.25, 0.3) is 0 Å². The monoisotopic (exact) mass is 512 g/mol. The molecule has 1 unspecified atom stereocenters. The average molecular weight is 513 g/mol. The maximum atomic E-state index is 13.3. The van der Waals surface area contributed by atoms with Crippen LogP contribution in [0.5, 0.6) is 0 Å². The minimum atomic E-state index is -1.43. The van der Waals surface area contributed by atoms with Crippen LogP contribution in [0, 0.1) is 34.5 Å². The molecule has 0 aromatic carbocycles. The van der Waals surface area contributed by atoms with E-state index in [1.54, 1.807) is 19.1 Å². The number of aliphatic hydroxyl groups excluding tert-OH is 1. The zero-order valence-corrected chi connectivity index (χ0v) is 22.7. The number of allylic oxidation sites excluding steroid dienone is 3. The van der Waals surface area contributed by atoms with Gasteiger partial charge in [0.15, 0.2) is 5.78 Å². The third-order valence-corrected chi connectivity index (χ3v) is 11.2. The fourth-order valence-electron chi connectivity index (χ4n) is 8.91. The molecule has 7 nitrogen and oxygen atoms in total. The number of fused-ring (bicyclic) bond motifs is 5. The zero-order chi connectivity index (χ0) is 27.1. The Morgan fingerprint density at radius 2 is 1.89 bits per heavy atom. The summed E-state index contributed by atoms with van der Waals surface area (Å²) in [6, 6.07) is 0. The maximum Gasteiger partial charge on any atom is 0.333 e. The SMILES string of the molecule is CC(=O)O[C@H]1C[C@H]([C@H](C)[C@H]2CC(C)=C(C)C(=O)O2)[C@@]2(C)CCC3[C@@H](C[C@@H](O)C4=CC=CC(=O)[C@@]43C)[C@@]12O. The highest BCUT2D eigenvalue weighted by Crippen LogP contribution is 2.69. The lowest BCUT2D eigenvalue weighted by atomic mass is 9.44. The van der Waals surface area contributed by atoms with E-state index in [0.29, 0.717) is 43.3 Å². The number of carbonyl (C=O) groups excluding carboxylic acids is 3. The highest BCUT2D eigenvalue weighted by Gasteiger charge is 2.73. The molecule has 0 radical (unpaired) electrons. The number of carbonyl (C=O) groups is 3. The van der Waals surface area contributed by atoms with Crippen molar-refractivity contribution in [2.24, 2.45) is 34.5 Å². The third kappa shape index (κ3) is 3.49. The summed E-state index contributed by atoms with van der Waals surface area (Å²) >= 11 is 0. The van der Waals surface area contributed by atoms with Crippen molar-refractivity contribution in [1.29, 1.82) is 0 Å². The lowest BCUT2D eigenvalue weighted by Crippen LogP contribution is -2.67. The number of cyclic esters (lactones) is 1. The van der Waals surface area contributed by atoms with Crippen LogP contribution in [0.2, 0.25) is 0 Å². The highest BCUT2D eigenvalue weighted by molar-refractivity contribution is 5.99. The van der Waals surface area contributed by atoms with Crippen LogP contribution in [0.4, 0.5) is 0 Å². The molecule has 0 saturated heterocycles. The van der Waals surface area contributed by atoms with E-state index in [0.717, 1.165) is 5.57 Å². The molecule has 0 amide bonds. The Bertz CT molecular complexity index is 1130. The van der Waals surface area contributed by atoms with E-state index in [4.69, 9.17) is 9.47 Å². The quantitative estimate of drug-likeness (QED) is 0.553. The van der Waals surface area contributed by atoms with Crippen LogP contribution in [0.15, 0.2) is 34.9 Å². The van der Waals surface area contributed by atoms with E-state index in [1.165, 1.54) is 6.92 Å². The molecule has 0 aromatic heterocycles. The maximum absolute atomic E-state index is 13.3. The van der Waals surface area contributed by atoms with Gasteiger partial charge in [-0.2, -0.15) is 0 Å². The van der Waals surface area contributed by atoms with Crippen molar-refractivity contribution in [3.63, 3.8) is 0 Å². The number of aliphatic hydroxyl groups is 2. The molecule has 1 aliphatic heterocycles. The van der Waals surface area contributed by atoms with E-state index in [1.807, 2.05) is 19.9 Å². The van der Waals surface area contributed by atoms with Crippen LogP contribution in [0.3, 0.4) is 0 Å². The Balaban J connectivity index is 1.56. The average Bonchev–Trinajstić information content (AvgIpc) is 3.05. The summed E-state index contributed by atoms with van der Waals surface area (Å²) in [5.74, 6) is -1.61. The largest absolute Gasteiger partial charge is 0.459 e. The Morgan fingerprint density at radius 3 is 2.54 bits per heavy atom. The Kier molecular flexibility index (Phi) is 6.15. The lowest BCUT2D eigenvalue weighted by Gasteiger charge is -2.62. The van der Waals surface area contributed by atoms with Crippen LogP contribution in [0.25, 0.3) is 0 Å². The van der Waals surface area contributed by atoms with Gasteiger partial charge in [0.05, 0.1) is 11.5 Å². The fourth-order valence-corrected chi connectivity index (χ4v) is 8.91. The number of ether oxygens (including phenoxy) is 2. The van der Waals surface area contributed by atoms with E-state index >= 15 is 0 Å². The van der Waals surface area contributed by atoms with Gasteiger partial charge in [0.2, 0.25) is 0 Å². The lowest BCUT2D eigenvalue weighted by molar-refractivity contribution is -0.232. The summed E-state index contributed by atoms with van der Waals surface area (Å²) in [6.45, 7) is 11.1. The second kappa shape index (κ2) is 8.63. The molecule has 5 aliphatic rings. The molecule has 0 spiro atoms. The molecule has 4 aliphatic carbocycles. The minimum Gasteiger partial charge on any atom is -0.459 e. The summed E-state index contributed by atoms with van der Waals surface area (Å²) in [4.78, 5) is 38.1. The summed E-state index contributed by atoms with van der Waals surface area (Å²) in [5, 5.41) is 24.0. The molecule has 1 heterocycles. The van der Waals surface area contributed by atoms with Gasteiger partial charge in [-0.1, -0.05) is 31.6 Å². The number of ketones is 1. The van der Waals surface area contributed by atoms with E-state index in [2.05, 4.69) is 13.8 Å². The molecule has 2 N–H and O–H groups in total. The summed E-state index contributed by atoms with van der Waals surface area (Å²) in [7, 11) is 0. The van der Waals surface area contributed by atoms with Crippen LogP contribution in [-0.2, 0) is 23.9 Å². The standard InChI is InChI=1S/C30H40O7/c1-15-12-24(37-27(34)16(15)2)17(3)21-14-26(36-18(4)31)30(35)22-13-23(32)20-8-7-9-25(33)29(20,6)19(22)10-11-28(21,30)5/h7-9,17,19,21-24,26,32,35H,10-14H2,1-6H3/t17-,19?,21+,22+,23+,24+,26-,28+,29+,30+/m0/s1. The van der Waals surface area contributed by atoms with Gasteiger partial charge in [0, 0.05) is 24.3 Å². The van der Waals surface area contributed by atoms with Crippen molar-refractivity contribution in [2.75, 3.05) is 0 Å². The van der Waals surface area contributed by atoms with Gasteiger partial charge >= 0.3 is 11.9 Å². The second-order valence-corrected chi connectivity index (χ2v) is 12.6. The van der Waals surface area contributed by atoms with Crippen molar-refractivity contribution in [1.82, 2.24) is 0 Å². The molecule has 202 valence electrons. The van der Waals surface area contributed by atoms with Crippen molar-refractivity contribution in [2.45, 2.75) is 97.6 Å². The van der Waals surface area contributed by atoms with Crippen LogP contribution >= 0.6 is 0 Å². The number of esters is 2. The van der Waals surface area contributed by atoms with Crippen molar-refractivity contribution in [3.05, 3.63) is 34.9 Å². The summed E-state index contributed by atoms with van der Waals surface area (Å²) in [6.07, 6.45) is 5.87. The molecule has 7 heteroatoms. The molecule has 0 aromatic rings. The fraction of sp³-hybridized carbons (Fsp3) is 0.700. The number of hydrogen-bond acceptors (Lipinski definition) is 7. The number of hydrogen-bond donors (Lipinski definition) is 2. The molecule has 37 heavy (non-hydrogen) atoms. The van der Waals surface area contributed by atoms with Crippen LogP contribution in [0.1, 0.15) is 73.6 Å². The molecular formula is C30H40O7. The predicted octanol–water partition coefficient (Wildman–Crippen LogP) is 3.83. The Morgan fingerprint density at radius 1 is 1.19 bits per heavy atom. The molecule has 3 fully saturated rings. The van der Waals surface area contributed by atoms with Gasteiger partial charge in [-0.25, -0.2) is 4.79 Å². The van der Waals surface area contributed by atoms with Gasteiger partial charge in [-0.05, 0) is 81.8 Å². The third-order valence-electron chi connectivity index (χ3n) is 11.2. The molecular weight excluding hydrogens is 472 g/mol. The first-order chi connectivity index (χ1) is 17.3. The van der Waals surface area contributed by atoms with Gasteiger partial charge in [-0.15, -0.1) is 0 Å². The van der Waals surface area contributed by atoms with E-state index < -0.39 is 40.5 Å². The van der Waals surface area contributed by atoms with Gasteiger partial charge in [-0.3, -0.25) is 9.59 Å². The first-order valence-corrected chi connectivity index (χ1v) is 13.6. The van der Waals surface area contributed by atoms with Crippen molar-refractivity contribution < 1.29 is 34.1 Å². The van der Waals surface area contributed by atoms with Crippen LogP contribution < -0.4 is 0 Å². The molecule has 5 rings (SSSR count). The zero-order valence-electron chi connectivity index (χ0n) is 22.7. The Labute approximate surface area is 219 Å².